The molecule has 0 aromatic heterocycles. The molecule has 2 N–H and O–H groups in total. The summed E-state index contributed by atoms with van der Waals surface area (Å²) < 4.78 is 5.43. The highest BCUT2D eigenvalue weighted by molar-refractivity contribution is 5.81. The van der Waals surface area contributed by atoms with Crippen LogP contribution in [0.4, 0.5) is 0 Å². The van der Waals surface area contributed by atoms with E-state index in [1.54, 1.807) is 0 Å². The first-order valence-electron chi connectivity index (χ1n) is 7.03. The Kier molecular flexibility index (Phi) is 3.80. The van der Waals surface area contributed by atoms with Crippen molar-refractivity contribution < 1.29 is 9.53 Å². The van der Waals surface area contributed by atoms with E-state index in [-0.39, 0.29) is 12.0 Å². The van der Waals surface area contributed by atoms with E-state index in [0.717, 1.165) is 6.54 Å². The van der Waals surface area contributed by atoms with Crippen LogP contribution in [0.15, 0.2) is 18.2 Å². The maximum atomic E-state index is 11.9. The van der Waals surface area contributed by atoms with E-state index in [9.17, 15) is 4.79 Å². The molecular weight excluding hydrogens is 240 g/mol. The number of rotatable bonds is 3. The van der Waals surface area contributed by atoms with E-state index in [1.807, 2.05) is 0 Å². The van der Waals surface area contributed by atoms with Crippen LogP contribution in [0.3, 0.4) is 0 Å². The van der Waals surface area contributed by atoms with E-state index in [1.165, 1.54) is 36.0 Å². The zero-order valence-electron chi connectivity index (χ0n) is 11.1. The predicted octanol–water partition coefficient (Wildman–Crippen LogP) is 0.780. The molecule has 0 radical (unpaired) electrons. The molecule has 1 atom stereocenters. The van der Waals surface area contributed by atoms with Gasteiger partial charge in [0.1, 0.15) is 6.10 Å². The van der Waals surface area contributed by atoms with Gasteiger partial charge in [-0.2, -0.15) is 0 Å². The zero-order valence-corrected chi connectivity index (χ0v) is 11.1. The quantitative estimate of drug-likeness (QED) is 0.844. The molecule has 4 nitrogen and oxygen atoms in total. The number of fused-ring (bicyclic) bond motifs is 1. The average molecular weight is 260 g/mol. The highest BCUT2D eigenvalue weighted by Crippen LogP contribution is 2.22. The molecule has 102 valence electrons. The molecule has 1 unspecified atom stereocenters. The second-order valence-corrected chi connectivity index (χ2v) is 5.24. The highest BCUT2D eigenvalue weighted by atomic mass is 16.5. The van der Waals surface area contributed by atoms with Gasteiger partial charge in [0.05, 0.1) is 6.61 Å². The molecule has 1 heterocycles. The molecule has 4 heteroatoms. The van der Waals surface area contributed by atoms with E-state index < -0.39 is 0 Å². The lowest BCUT2D eigenvalue weighted by Crippen LogP contribution is -2.47. The monoisotopic (exact) mass is 260 g/mol. The number of nitrogens with one attached hydrogen (secondary N) is 2. The number of amides is 1. The fourth-order valence-corrected chi connectivity index (χ4v) is 2.77. The predicted molar refractivity (Wildman–Crippen MR) is 72.9 cm³/mol. The second kappa shape index (κ2) is 5.72. The standard InChI is InChI=1S/C15H20N2O2/c18-15(14-10-16-6-7-19-14)17-9-11-4-5-12-2-1-3-13(12)8-11/h4-5,8,14,16H,1-3,6-7,9-10H2,(H,17,18). The largest absolute Gasteiger partial charge is 0.366 e. The summed E-state index contributed by atoms with van der Waals surface area (Å²) in [5, 5.41) is 6.12. The fraction of sp³-hybridized carbons (Fsp3) is 0.533. The Bertz CT molecular complexity index is 467. The number of hydrogen-bond donors (Lipinski definition) is 2. The molecule has 3 rings (SSSR count). The molecule has 19 heavy (non-hydrogen) atoms. The first-order chi connectivity index (χ1) is 9.33. The summed E-state index contributed by atoms with van der Waals surface area (Å²) in [4.78, 5) is 11.9. The Balaban J connectivity index is 1.55. The van der Waals surface area contributed by atoms with Crippen LogP contribution in [-0.2, 0) is 28.9 Å². The van der Waals surface area contributed by atoms with Gasteiger partial charge in [0, 0.05) is 19.6 Å². The molecular formula is C15H20N2O2. The number of hydrogen-bond acceptors (Lipinski definition) is 3. The molecule has 0 saturated carbocycles. The zero-order chi connectivity index (χ0) is 13.1. The topological polar surface area (TPSA) is 50.4 Å². The number of carbonyl (C=O) groups is 1. The molecule has 1 aliphatic heterocycles. The summed E-state index contributed by atoms with van der Waals surface area (Å²) in [6.07, 6.45) is 3.28. The molecule has 1 aromatic carbocycles. The van der Waals surface area contributed by atoms with Crippen LogP contribution >= 0.6 is 0 Å². The minimum Gasteiger partial charge on any atom is -0.366 e. The smallest absolute Gasteiger partial charge is 0.250 e. The Hall–Kier alpha value is -1.39. The molecule has 1 fully saturated rings. The van der Waals surface area contributed by atoms with E-state index in [0.29, 0.717) is 19.7 Å². The normalized spacial score (nSPS) is 22.0. The summed E-state index contributed by atoms with van der Waals surface area (Å²) in [5.41, 5.74) is 4.09. The Labute approximate surface area is 113 Å². The third-order valence-corrected chi connectivity index (χ3v) is 3.85. The van der Waals surface area contributed by atoms with Crippen molar-refractivity contribution in [1.82, 2.24) is 10.6 Å². The van der Waals surface area contributed by atoms with Crippen LogP contribution in [0.5, 0.6) is 0 Å². The van der Waals surface area contributed by atoms with Crippen molar-refractivity contribution in [1.29, 1.82) is 0 Å². The van der Waals surface area contributed by atoms with E-state index in [2.05, 4.69) is 28.8 Å². The highest BCUT2D eigenvalue weighted by Gasteiger charge is 2.21. The van der Waals surface area contributed by atoms with E-state index in [4.69, 9.17) is 4.74 Å². The number of carbonyl (C=O) groups excluding carboxylic acids is 1. The van der Waals surface area contributed by atoms with Gasteiger partial charge in [0.2, 0.25) is 0 Å². The van der Waals surface area contributed by atoms with Gasteiger partial charge in [-0.1, -0.05) is 18.2 Å². The van der Waals surface area contributed by atoms with Gasteiger partial charge in [-0.3, -0.25) is 4.79 Å². The third kappa shape index (κ3) is 2.96. The van der Waals surface area contributed by atoms with Crippen molar-refractivity contribution in [2.75, 3.05) is 19.7 Å². The summed E-state index contributed by atoms with van der Waals surface area (Å²) in [7, 11) is 0. The van der Waals surface area contributed by atoms with Crippen molar-refractivity contribution in [2.45, 2.75) is 31.9 Å². The van der Waals surface area contributed by atoms with Crippen molar-refractivity contribution in [2.24, 2.45) is 0 Å². The van der Waals surface area contributed by atoms with E-state index >= 15 is 0 Å². The lowest BCUT2D eigenvalue weighted by atomic mass is 10.1. The number of ether oxygens (including phenoxy) is 1. The van der Waals surface area contributed by atoms with Crippen LogP contribution in [0, 0.1) is 0 Å². The second-order valence-electron chi connectivity index (χ2n) is 5.24. The molecule has 1 saturated heterocycles. The van der Waals surface area contributed by atoms with Crippen molar-refractivity contribution in [3.05, 3.63) is 34.9 Å². The molecule has 2 aliphatic rings. The molecule has 1 aromatic rings. The number of benzene rings is 1. The number of aryl methyl sites for hydroxylation is 2. The van der Waals surface area contributed by atoms with Crippen LogP contribution in [0.1, 0.15) is 23.1 Å². The maximum Gasteiger partial charge on any atom is 0.250 e. The Morgan fingerprint density at radius 2 is 2.26 bits per heavy atom. The van der Waals surface area contributed by atoms with Gasteiger partial charge in [0.25, 0.3) is 5.91 Å². The first kappa shape index (κ1) is 12.6. The fourth-order valence-electron chi connectivity index (χ4n) is 2.77. The lowest BCUT2D eigenvalue weighted by molar-refractivity contribution is -0.134. The van der Waals surface area contributed by atoms with Crippen molar-refractivity contribution in [3.63, 3.8) is 0 Å². The summed E-state index contributed by atoms with van der Waals surface area (Å²) in [6.45, 7) is 2.63. The van der Waals surface area contributed by atoms with Crippen LogP contribution in [0.25, 0.3) is 0 Å². The van der Waals surface area contributed by atoms with Gasteiger partial charge in [-0.05, 0) is 36.0 Å². The maximum absolute atomic E-state index is 11.9. The number of morpholine rings is 1. The van der Waals surface area contributed by atoms with Crippen molar-refractivity contribution >= 4 is 5.91 Å². The van der Waals surface area contributed by atoms with Gasteiger partial charge in [0.15, 0.2) is 0 Å². The van der Waals surface area contributed by atoms with Gasteiger partial charge < -0.3 is 15.4 Å². The minimum absolute atomic E-state index is 0.0206. The van der Waals surface area contributed by atoms with Crippen LogP contribution < -0.4 is 10.6 Å². The average Bonchev–Trinajstić information content (AvgIpc) is 2.93. The SMILES string of the molecule is O=C(NCc1ccc2c(c1)CCC2)C1CNCCO1. The Morgan fingerprint density at radius 1 is 1.37 bits per heavy atom. The minimum atomic E-state index is -0.344. The Morgan fingerprint density at radius 3 is 3.11 bits per heavy atom. The molecule has 0 spiro atoms. The molecule has 1 amide bonds. The van der Waals surface area contributed by atoms with Gasteiger partial charge in [-0.15, -0.1) is 0 Å². The van der Waals surface area contributed by atoms with Crippen LogP contribution in [0.2, 0.25) is 0 Å². The van der Waals surface area contributed by atoms with Crippen molar-refractivity contribution in [3.8, 4) is 0 Å². The third-order valence-electron chi connectivity index (χ3n) is 3.85. The first-order valence-corrected chi connectivity index (χ1v) is 7.03. The summed E-state index contributed by atoms with van der Waals surface area (Å²) >= 11 is 0. The van der Waals surface area contributed by atoms with Gasteiger partial charge >= 0.3 is 0 Å². The van der Waals surface area contributed by atoms with Gasteiger partial charge in [-0.25, -0.2) is 0 Å². The summed E-state index contributed by atoms with van der Waals surface area (Å²) in [6, 6.07) is 6.54. The summed E-state index contributed by atoms with van der Waals surface area (Å²) in [5.74, 6) is -0.0206. The lowest BCUT2D eigenvalue weighted by Gasteiger charge is -2.22. The molecule has 1 aliphatic carbocycles. The van der Waals surface area contributed by atoms with Crippen LogP contribution in [-0.4, -0.2) is 31.7 Å². The molecule has 0 bridgehead atoms.